The Bertz CT molecular complexity index is 1250. The third kappa shape index (κ3) is 7.15. The van der Waals surface area contributed by atoms with Gasteiger partial charge in [0, 0.05) is 50.2 Å². The lowest BCUT2D eigenvalue weighted by atomic mass is 9.76. The van der Waals surface area contributed by atoms with Crippen LogP contribution >= 0.6 is 0 Å². The van der Waals surface area contributed by atoms with Gasteiger partial charge in [0.05, 0.1) is 12.1 Å². The summed E-state index contributed by atoms with van der Waals surface area (Å²) in [5.74, 6) is 0.322. The number of carbonyl (C=O) groups excluding carboxylic acids is 2. The van der Waals surface area contributed by atoms with Crippen LogP contribution in [0.5, 0.6) is 11.6 Å². The maximum atomic E-state index is 14.2. The number of likely N-dealkylation sites (tertiary alicyclic amines) is 1. The Labute approximate surface area is 248 Å². The molecule has 230 valence electrons. The highest BCUT2D eigenvalue weighted by atomic mass is 19.1. The molecule has 1 aromatic carbocycles. The van der Waals surface area contributed by atoms with Crippen LogP contribution < -0.4 is 15.4 Å². The summed E-state index contributed by atoms with van der Waals surface area (Å²) in [7, 11) is 1.93. The lowest BCUT2D eigenvalue weighted by molar-refractivity contribution is -0.119. The van der Waals surface area contributed by atoms with Crippen LogP contribution in [0.4, 0.5) is 10.2 Å². The fraction of sp³-hybridized carbons (Fsp3) is 0.633. The first-order chi connectivity index (χ1) is 19.9. The summed E-state index contributed by atoms with van der Waals surface area (Å²) in [5.41, 5.74) is 5.63. The van der Waals surface area contributed by atoms with E-state index in [-0.39, 0.29) is 47.0 Å². The highest BCUT2D eigenvalue weighted by Crippen LogP contribution is 2.44. The van der Waals surface area contributed by atoms with E-state index in [0.29, 0.717) is 24.3 Å². The molecule has 0 bridgehead atoms. The molecule has 2 aliphatic rings. The van der Waals surface area contributed by atoms with Crippen molar-refractivity contribution in [1.82, 2.24) is 29.9 Å². The molecule has 42 heavy (non-hydrogen) atoms. The summed E-state index contributed by atoms with van der Waals surface area (Å²) in [6.07, 6.45) is 3.38. The Morgan fingerprint density at radius 1 is 1.19 bits per heavy atom. The SMILES string of the molecule is CCN(C(=O)c1cc(F)ccc1Oc1nncnc1N1CCC2(C1)CN([C@H](CCN(C)CC(N)=O)C(C)C)C2)C(C)C. The van der Waals surface area contributed by atoms with Crippen molar-refractivity contribution < 1.29 is 18.7 Å². The van der Waals surface area contributed by atoms with Gasteiger partial charge in [-0.3, -0.25) is 19.4 Å². The van der Waals surface area contributed by atoms with Crippen LogP contribution in [0.2, 0.25) is 0 Å². The largest absolute Gasteiger partial charge is 0.434 e. The van der Waals surface area contributed by atoms with Crippen LogP contribution in [-0.2, 0) is 4.79 Å². The average Bonchev–Trinajstić information content (AvgIpc) is 3.35. The van der Waals surface area contributed by atoms with Crippen molar-refractivity contribution in [2.75, 3.05) is 57.8 Å². The number of likely N-dealkylation sites (N-methyl/N-ethyl adjacent to an activating group) is 1. The highest BCUT2D eigenvalue weighted by Gasteiger charge is 2.50. The minimum Gasteiger partial charge on any atom is -0.434 e. The number of primary amides is 1. The molecule has 2 aliphatic heterocycles. The molecule has 0 saturated carbocycles. The predicted molar refractivity (Wildman–Crippen MR) is 159 cm³/mol. The molecule has 2 N–H and O–H groups in total. The molecule has 11 nitrogen and oxygen atoms in total. The summed E-state index contributed by atoms with van der Waals surface area (Å²) in [6, 6.07) is 4.30. The second-order valence-electron chi connectivity index (χ2n) is 12.4. The van der Waals surface area contributed by atoms with Gasteiger partial charge in [0.1, 0.15) is 17.9 Å². The zero-order valence-electron chi connectivity index (χ0n) is 25.7. The number of hydrogen-bond acceptors (Lipinski definition) is 9. The van der Waals surface area contributed by atoms with Gasteiger partial charge < -0.3 is 20.3 Å². The van der Waals surface area contributed by atoms with E-state index in [1.54, 1.807) is 4.90 Å². The minimum absolute atomic E-state index is 0.0541. The molecule has 0 aliphatic carbocycles. The van der Waals surface area contributed by atoms with Crippen LogP contribution in [0.3, 0.4) is 0 Å². The van der Waals surface area contributed by atoms with Crippen LogP contribution in [0, 0.1) is 17.2 Å². The van der Waals surface area contributed by atoms with E-state index < -0.39 is 5.82 Å². The summed E-state index contributed by atoms with van der Waals surface area (Å²) >= 11 is 0. The monoisotopic (exact) mass is 584 g/mol. The molecule has 3 heterocycles. The van der Waals surface area contributed by atoms with Gasteiger partial charge in [-0.2, -0.15) is 0 Å². The number of benzene rings is 1. The van der Waals surface area contributed by atoms with Crippen LogP contribution in [0.25, 0.3) is 0 Å². The second-order valence-corrected chi connectivity index (χ2v) is 12.4. The number of hydrogen-bond donors (Lipinski definition) is 1. The Hall–Kier alpha value is -3.38. The molecule has 0 radical (unpaired) electrons. The number of anilines is 1. The number of carbonyl (C=O) groups is 2. The van der Waals surface area contributed by atoms with Crippen LogP contribution in [0.15, 0.2) is 24.5 Å². The zero-order chi connectivity index (χ0) is 30.6. The van der Waals surface area contributed by atoms with Crippen molar-refractivity contribution in [2.24, 2.45) is 17.1 Å². The topological polar surface area (TPSA) is 121 Å². The Morgan fingerprint density at radius 2 is 1.93 bits per heavy atom. The van der Waals surface area contributed by atoms with Crippen molar-refractivity contribution in [3.05, 3.63) is 35.9 Å². The van der Waals surface area contributed by atoms with E-state index in [2.05, 4.69) is 38.8 Å². The summed E-state index contributed by atoms with van der Waals surface area (Å²) in [5, 5.41) is 8.16. The van der Waals surface area contributed by atoms with Gasteiger partial charge >= 0.3 is 0 Å². The van der Waals surface area contributed by atoms with E-state index in [1.165, 1.54) is 24.5 Å². The molecular weight excluding hydrogens is 539 g/mol. The quantitative estimate of drug-likeness (QED) is 0.379. The zero-order valence-corrected chi connectivity index (χ0v) is 25.7. The standard InChI is InChI=1S/C30H45FN8O3/c1-7-39(21(4)5)29(41)23-14-22(31)8-9-25(23)42-28-27(33-19-34-35-28)37-13-11-30(16-37)17-38(18-30)24(20(2)3)10-12-36(6)15-26(32)40/h8-9,14,19-21,24H,7,10-13,15-18H2,1-6H3,(H2,32,40)/t24-/m1/s1. The van der Waals surface area contributed by atoms with E-state index in [1.807, 2.05) is 32.7 Å². The molecule has 2 aromatic rings. The van der Waals surface area contributed by atoms with Gasteiger partial charge in [-0.05, 0) is 71.3 Å². The van der Waals surface area contributed by atoms with Crippen molar-refractivity contribution >= 4 is 17.6 Å². The summed E-state index contributed by atoms with van der Waals surface area (Å²) in [4.78, 5) is 37.4. The number of amides is 2. The molecule has 12 heteroatoms. The maximum absolute atomic E-state index is 14.2. The number of rotatable bonds is 13. The molecule has 2 fully saturated rings. The van der Waals surface area contributed by atoms with Gasteiger partial charge in [0.15, 0.2) is 5.82 Å². The van der Waals surface area contributed by atoms with Crippen molar-refractivity contribution in [3.8, 4) is 11.6 Å². The van der Waals surface area contributed by atoms with E-state index in [9.17, 15) is 14.0 Å². The molecule has 1 aromatic heterocycles. The van der Waals surface area contributed by atoms with Gasteiger partial charge in [-0.1, -0.05) is 13.8 Å². The first kappa shape index (κ1) is 31.6. The van der Waals surface area contributed by atoms with Gasteiger partial charge in [0.25, 0.3) is 11.8 Å². The molecule has 1 spiro atoms. The fourth-order valence-electron chi connectivity index (χ4n) is 6.36. The van der Waals surface area contributed by atoms with Gasteiger partial charge in [-0.25, -0.2) is 9.37 Å². The third-order valence-corrected chi connectivity index (χ3v) is 8.46. The number of nitrogens with two attached hydrogens (primary N) is 1. The van der Waals surface area contributed by atoms with Crippen LogP contribution in [0.1, 0.15) is 57.8 Å². The van der Waals surface area contributed by atoms with Crippen LogP contribution in [-0.4, -0.2) is 107 Å². The van der Waals surface area contributed by atoms with Gasteiger partial charge in [0.2, 0.25) is 5.91 Å². The molecule has 4 rings (SSSR count). The predicted octanol–water partition coefficient (Wildman–Crippen LogP) is 3.02. The third-order valence-electron chi connectivity index (χ3n) is 8.46. The maximum Gasteiger partial charge on any atom is 0.282 e. The first-order valence-electron chi connectivity index (χ1n) is 14.8. The van der Waals surface area contributed by atoms with E-state index in [0.717, 1.165) is 45.6 Å². The smallest absolute Gasteiger partial charge is 0.282 e. The molecule has 1 atom stereocenters. The normalized spacial score (nSPS) is 17.2. The number of halogens is 1. The summed E-state index contributed by atoms with van der Waals surface area (Å²) in [6.45, 7) is 15.4. The summed E-state index contributed by atoms with van der Waals surface area (Å²) < 4.78 is 20.4. The molecular formula is C30H45FN8O3. The van der Waals surface area contributed by atoms with Crippen molar-refractivity contribution in [1.29, 1.82) is 0 Å². The lowest BCUT2D eigenvalue weighted by Crippen LogP contribution is -2.62. The molecule has 2 amide bonds. The second kappa shape index (κ2) is 13.3. The number of ether oxygens (including phenoxy) is 1. The molecule has 2 saturated heterocycles. The van der Waals surface area contributed by atoms with E-state index in [4.69, 9.17) is 10.5 Å². The average molecular weight is 585 g/mol. The molecule has 0 unspecified atom stereocenters. The van der Waals surface area contributed by atoms with Crippen molar-refractivity contribution in [2.45, 2.75) is 59.5 Å². The van der Waals surface area contributed by atoms with Gasteiger partial charge in [-0.15, -0.1) is 10.2 Å². The van der Waals surface area contributed by atoms with Crippen molar-refractivity contribution in [3.63, 3.8) is 0 Å². The Morgan fingerprint density at radius 3 is 2.57 bits per heavy atom. The fourth-order valence-corrected chi connectivity index (χ4v) is 6.36. The highest BCUT2D eigenvalue weighted by molar-refractivity contribution is 5.97. The first-order valence-corrected chi connectivity index (χ1v) is 14.8. The number of aromatic nitrogens is 3. The minimum atomic E-state index is -0.516. The lowest BCUT2D eigenvalue weighted by Gasteiger charge is -2.53. The number of nitrogens with zero attached hydrogens (tertiary/aromatic N) is 7. The van der Waals surface area contributed by atoms with E-state index >= 15 is 0 Å². The Balaban J connectivity index is 1.45. The Kier molecular flexibility index (Phi) is 9.98.